The highest BCUT2D eigenvalue weighted by Crippen LogP contribution is 2.29. The number of benzene rings is 1. The van der Waals surface area contributed by atoms with Crippen molar-refractivity contribution in [2.75, 3.05) is 17.7 Å². The van der Waals surface area contributed by atoms with Gasteiger partial charge in [0.15, 0.2) is 0 Å². The molecule has 2 N–H and O–H groups in total. The van der Waals surface area contributed by atoms with Crippen LogP contribution in [0.25, 0.3) is 0 Å². The second-order valence-electron chi connectivity index (χ2n) is 7.62. The van der Waals surface area contributed by atoms with Gasteiger partial charge in [-0.15, -0.1) is 5.10 Å². The molecule has 0 unspecified atom stereocenters. The smallest absolute Gasteiger partial charge is 0.320 e. The number of aromatic nitrogens is 3. The Morgan fingerprint density at radius 1 is 1.09 bits per heavy atom. The van der Waals surface area contributed by atoms with E-state index in [0.717, 1.165) is 25.7 Å². The minimum Gasteiger partial charge on any atom is -0.474 e. The van der Waals surface area contributed by atoms with Crippen molar-refractivity contribution in [1.82, 2.24) is 15.2 Å². The summed E-state index contributed by atoms with van der Waals surface area (Å²) in [4.78, 5) is 28.3. The number of anilines is 3. The van der Waals surface area contributed by atoms with Crippen LogP contribution in [0.4, 0.5) is 17.4 Å². The molecule has 0 spiro atoms. The van der Waals surface area contributed by atoms with E-state index in [9.17, 15) is 9.59 Å². The van der Waals surface area contributed by atoms with E-state index in [4.69, 9.17) is 37.1 Å². The van der Waals surface area contributed by atoms with Crippen molar-refractivity contribution in [3.63, 3.8) is 0 Å². The van der Waals surface area contributed by atoms with Crippen LogP contribution >= 0.6 is 23.2 Å². The van der Waals surface area contributed by atoms with Gasteiger partial charge in [-0.2, -0.15) is 0 Å². The summed E-state index contributed by atoms with van der Waals surface area (Å²) in [5.74, 6) is -0.646. The predicted molar refractivity (Wildman–Crippen MR) is 125 cm³/mol. The third kappa shape index (κ3) is 5.95. The third-order valence-electron chi connectivity index (χ3n) is 5.28. The fourth-order valence-electron chi connectivity index (χ4n) is 3.53. The van der Waals surface area contributed by atoms with E-state index in [2.05, 4.69) is 25.8 Å². The summed E-state index contributed by atoms with van der Waals surface area (Å²) < 4.78 is 16.0. The molecule has 2 heterocycles. The molecule has 0 aliphatic heterocycles. The lowest BCUT2D eigenvalue weighted by atomic mass is 9.87. The third-order valence-corrected chi connectivity index (χ3v) is 5.83. The lowest BCUT2D eigenvalue weighted by Crippen LogP contribution is -2.28. The number of nitrogens with zero attached hydrogens (tertiary/aromatic N) is 3. The largest absolute Gasteiger partial charge is 0.474 e. The predicted octanol–water partition coefficient (Wildman–Crippen LogP) is 4.88. The molecule has 34 heavy (non-hydrogen) atoms. The van der Waals surface area contributed by atoms with Gasteiger partial charge in [-0.05, 0) is 49.9 Å². The first-order valence-electron chi connectivity index (χ1n) is 10.5. The number of pyridine rings is 1. The molecule has 12 heteroatoms. The number of hydrogen-bond acceptors (Lipinski definition) is 9. The Balaban J connectivity index is 1.29. The molecule has 1 saturated carbocycles. The SMILES string of the molecule is COC(=O)[C@H]1CC[C@H](Oc2ccc(NC(=O)c3nnc(Nc4ccc(Cl)cc4Cl)o3)cn2)CC1. The summed E-state index contributed by atoms with van der Waals surface area (Å²) in [7, 11) is 1.40. The molecule has 2 aromatic heterocycles. The lowest BCUT2D eigenvalue weighted by molar-refractivity contribution is -0.147. The molecule has 1 aliphatic carbocycles. The van der Waals surface area contributed by atoms with Crippen LogP contribution in [0.1, 0.15) is 36.4 Å². The van der Waals surface area contributed by atoms with Crippen molar-refractivity contribution in [2.24, 2.45) is 5.92 Å². The summed E-state index contributed by atoms with van der Waals surface area (Å²) in [5, 5.41) is 13.8. The molecule has 3 aromatic rings. The number of amides is 1. The van der Waals surface area contributed by atoms with Crippen molar-refractivity contribution in [1.29, 1.82) is 0 Å². The van der Waals surface area contributed by atoms with Crippen LogP contribution in [0.3, 0.4) is 0 Å². The number of methoxy groups -OCH3 is 1. The normalized spacial score (nSPS) is 17.6. The molecule has 1 aliphatic rings. The number of hydrogen-bond donors (Lipinski definition) is 2. The van der Waals surface area contributed by atoms with Crippen LogP contribution in [-0.4, -0.2) is 40.3 Å². The molecule has 1 aromatic carbocycles. The molecular formula is C22H21Cl2N5O5. The van der Waals surface area contributed by atoms with Crippen LogP contribution in [0.15, 0.2) is 40.9 Å². The average Bonchev–Trinajstić information content (AvgIpc) is 3.31. The zero-order valence-corrected chi connectivity index (χ0v) is 19.6. The first-order chi connectivity index (χ1) is 16.4. The van der Waals surface area contributed by atoms with Gasteiger partial charge in [0.05, 0.1) is 35.6 Å². The molecule has 178 valence electrons. The molecule has 0 atom stereocenters. The zero-order chi connectivity index (χ0) is 24.1. The van der Waals surface area contributed by atoms with Gasteiger partial charge in [0.25, 0.3) is 0 Å². The number of nitrogens with one attached hydrogen (secondary N) is 2. The number of ether oxygens (including phenoxy) is 2. The number of halogens is 2. The average molecular weight is 506 g/mol. The molecule has 10 nitrogen and oxygen atoms in total. The van der Waals surface area contributed by atoms with Crippen molar-refractivity contribution in [2.45, 2.75) is 31.8 Å². The maximum Gasteiger partial charge on any atom is 0.320 e. The molecular weight excluding hydrogens is 485 g/mol. The fraction of sp³-hybridized carbons (Fsp3) is 0.318. The highest BCUT2D eigenvalue weighted by molar-refractivity contribution is 6.36. The summed E-state index contributed by atoms with van der Waals surface area (Å²) in [6.07, 6.45) is 4.38. The fourth-order valence-corrected chi connectivity index (χ4v) is 3.99. The van der Waals surface area contributed by atoms with Crippen molar-refractivity contribution in [3.8, 4) is 5.88 Å². The molecule has 4 rings (SSSR count). The summed E-state index contributed by atoms with van der Waals surface area (Å²) in [6, 6.07) is 8.16. The number of rotatable bonds is 7. The van der Waals surface area contributed by atoms with Crippen LogP contribution in [0.2, 0.25) is 10.0 Å². The van der Waals surface area contributed by atoms with Crippen LogP contribution in [-0.2, 0) is 9.53 Å². The maximum absolute atomic E-state index is 12.4. The Kier molecular flexibility index (Phi) is 7.49. The molecule has 0 bridgehead atoms. The minimum absolute atomic E-state index is 0.00170. The van der Waals surface area contributed by atoms with Gasteiger partial charge >= 0.3 is 23.8 Å². The van der Waals surface area contributed by atoms with Crippen molar-refractivity contribution >= 4 is 52.5 Å². The summed E-state index contributed by atoms with van der Waals surface area (Å²) in [6.45, 7) is 0. The van der Waals surface area contributed by atoms with E-state index in [-0.39, 0.29) is 29.9 Å². The van der Waals surface area contributed by atoms with Crippen molar-refractivity contribution in [3.05, 3.63) is 52.5 Å². The molecule has 1 amide bonds. The van der Waals surface area contributed by atoms with E-state index in [0.29, 0.717) is 27.3 Å². The van der Waals surface area contributed by atoms with Crippen LogP contribution in [0.5, 0.6) is 5.88 Å². The van der Waals surface area contributed by atoms with Crippen LogP contribution in [0, 0.1) is 5.92 Å². The van der Waals surface area contributed by atoms with Gasteiger partial charge in [-0.1, -0.05) is 28.3 Å². The van der Waals surface area contributed by atoms with Crippen LogP contribution < -0.4 is 15.4 Å². The first kappa shape index (κ1) is 23.8. The maximum atomic E-state index is 12.4. The molecule has 0 radical (unpaired) electrons. The van der Waals surface area contributed by atoms with Gasteiger partial charge in [-0.25, -0.2) is 4.98 Å². The second-order valence-corrected chi connectivity index (χ2v) is 8.46. The number of esters is 1. The van der Waals surface area contributed by atoms with E-state index < -0.39 is 5.91 Å². The zero-order valence-electron chi connectivity index (χ0n) is 18.1. The highest BCUT2D eigenvalue weighted by atomic mass is 35.5. The Labute approximate surface area is 205 Å². The van der Waals surface area contributed by atoms with Gasteiger partial charge in [0, 0.05) is 11.1 Å². The second kappa shape index (κ2) is 10.7. The Morgan fingerprint density at radius 2 is 1.88 bits per heavy atom. The van der Waals surface area contributed by atoms with E-state index in [1.165, 1.54) is 13.3 Å². The standard InChI is InChI=1S/C22H21Cl2N5O5/c1-32-21(31)12-2-6-15(7-3-12)33-18-9-5-14(11-25-18)26-19(30)20-28-29-22(34-20)27-17-8-4-13(23)10-16(17)24/h4-5,8-12,15H,2-3,6-7H2,1H3,(H,26,30)(H,27,29)/t12-,15-. The van der Waals surface area contributed by atoms with Gasteiger partial charge < -0.3 is 24.5 Å². The Morgan fingerprint density at radius 3 is 2.56 bits per heavy atom. The van der Waals surface area contributed by atoms with E-state index >= 15 is 0 Å². The van der Waals surface area contributed by atoms with E-state index in [1.54, 1.807) is 30.3 Å². The van der Waals surface area contributed by atoms with Gasteiger partial charge in [0.1, 0.15) is 6.10 Å². The topological polar surface area (TPSA) is 128 Å². The van der Waals surface area contributed by atoms with Gasteiger partial charge in [0.2, 0.25) is 5.88 Å². The molecule has 0 saturated heterocycles. The lowest BCUT2D eigenvalue weighted by Gasteiger charge is -2.27. The Hall–Kier alpha value is -3.37. The Bertz CT molecular complexity index is 1160. The monoisotopic (exact) mass is 505 g/mol. The summed E-state index contributed by atoms with van der Waals surface area (Å²) in [5.41, 5.74) is 0.931. The first-order valence-corrected chi connectivity index (χ1v) is 11.2. The number of carbonyl (C=O) groups excluding carboxylic acids is 2. The van der Waals surface area contributed by atoms with E-state index in [1.807, 2.05) is 0 Å². The highest BCUT2D eigenvalue weighted by Gasteiger charge is 2.28. The molecule has 1 fully saturated rings. The van der Waals surface area contributed by atoms with Gasteiger partial charge in [-0.3, -0.25) is 9.59 Å². The number of carbonyl (C=O) groups is 2. The van der Waals surface area contributed by atoms with Crippen molar-refractivity contribution < 1.29 is 23.5 Å². The quantitative estimate of drug-likeness (QED) is 0.431. The minimum atomic E-state index is -0.598. The summed E-state index contributed by atoms with van der Waals surface area (Å²) >= 11 is 12.0.